The second-order valence-corrected chi connectivity index (χ2v) is 8.38. The molecule has 1 unspecified atom stereocenters. The van der Waals surface area contributed by atoms with Gasteiger partial charge in [-0.05, 0) is 45.1 Å². The lowest BCUT2D eigenvalue weighted by molar-refractivity contribution is 0.297. The number of imidazole rings is 1. The monoisotopic (exact) mass is 421 g/mol. The van der Waals surface area contributed by atoms with Crippen molar-refractivity contribution in [2.75, 3.05) is 18.4 Å². The highest BCUT2D eigenvalue weighted by molar-refractivity contribution is 5.61. The molecule has 164 valence electrons. The topological polar surface area (TPSA) is 89.3 Å². The molecule has 31 heavy (non-hydrogen) atoms. The number of ether oxygens (including phenoxy) is 1. The molecule has 3 aromatic rings. The van der Waals surface area contributed by atoms with Crippen LogP contribution in [0.25, 0.3) is 17.0 Å². The van der Waals surface area contributed by atoms with Crippen molar-refractivity contribution in [2.45, 2.75) is 70.4 Å². The van der Waals surface area contributed by atoms with Crippen molar-refractivity contribution in [3.8, 4) is 17.1 Å². The van der Waals surface area contributed by atoms with Gasteiger partial charge in [-0.1, -0.05) is 13.8 Å². The maximum absolute atomic E-state index is 6.12. The van der Waals surface area contributed by atoms with Crippen molar-refractivity contribution in [3.63, 3.8) is 0 Å². The Kier molecular flexibility index (Phi) is 5.72. The van der Waals surface area contributed by atoms with Gasteiger partial charge in [-0.25, -0.2) is 14.5 Å². The number of piperidine rings is 1. The molecule has 2 aliphatic carbocycles. The summed E-state index contributed by atoms with van der Waals surface area (Å²) in [5.74, 6) is 2.20. The van der Waals surface area contributed by atoms with Crippen LogP contribution in [0.1, 0.15) is 64.0 Å². The van der Waals surface area contributed by atoms with Crippen LogP contribution in [0, 0.1) is 0 Å². The molecule has 4 heterocycles. The van der Waals surface area contributed by atoms with Crippen LogP contribution in [0.4, 0.5) is 5.82 Å². The zero-order chi connectivity index (χ0) is 21.2. The van der Waals surface area contributed by atoms with Crippen molar-refractivity contribution >= 4 is 11.5 Å². The van der Waals surface area contributed by atoms with Crippen molar-refractivity contribution in [1.82, 2.24) is 29.9 Å². The van der Waals surface area contributed by atoms with E-state index in [4.69, 9.17) is 14.8 Å². The molecule has 0 bridgehead atoms. The van der Waals surface area contributed by atoms with Gasteiger partial charge in [-0.2, -0.15) is 5.10 Å². The van der Waals surface area contributed by atoms with Crippen LogP contribution in [0.15, 0.2) is 24.7 Å². The lowest BCUT2D eigenvalue weighted by Crippen LogP contribution is -2.38. The lowest BCUT2D eigenvalue weighted by Gasteiger charge is -2.24. The summed E-state index contributed by atoms with van der Waals surface area (Å²) >= 11 is 0. The minimum absolute atomic E-state index is 0.356. The van der Waals surface area contributed by atoms with Gasteiger partial charge in [0.2, 0.25) is 0 Å². The Bertz CT molecular complexity index is 1040. The molecule has 3 aromatic heterocycles. The van der Waals surface area contributed by atoms with Crippen LogP contribution in [0.5, 0.6) is 5.75 Å². The van der Waals surface area contributed by atoms with Crippen LogP contribution >= 0.6 is 0 Å². The van der Waals surface area contributed by atoms with Crippen LogP contribution < -0.4 is 15.4 Å². The number of nitrogens with one attached hydrogen (secondary N) is 2. The zero-order valence-corrected chi connectivity index (χ0v) is 18.3. The average molecular weight is 422 g/mol. The number of hydrogen-bond acceptors (Lipinski definition) is 7. The fourth-order valence-corrected chi connectivity index (χ4v) is 3.93. The van der Waals surface area contributed by atoms with Crippen LogP contribution in [-0.4, -0.2) is 49.8 Å². The minimum Gasteiger partial charge on any atom is -0.488 e. The highest BCUT2D eigenvalue weighted by Crippen LogP contribution is 2.44. The van der Waals surface area contributed by atoms with Gasteiger partial charge in [0.25, 0.3) is 0 Å². The number of nitrogens with zero attached hydrogens (tertiary/aromatic N) is 5. The number of rotatable bonds is 6. The van der Waals surface area contributed by atoms with Gasteiger partial charge in [0.05, 0.1) is 24.7 Å². The van der Waals surface area contributed by atoms with Crippen molar-refractivity contribution < 1.29 is 4.74 Å². The Morgan fingerprint density at radius 1 is 1.10 bits per heavy atom. The second kappa shape index (κ2) is 8.78. The molecule has 0 spiro atoms. The molecule has 8 nitrogen and oxygen atoms in total. The highest BCUT2D eigenvalue weighted by Gasteiger charge is 2.33. The largest absolute Gasteiger partial charge is 0.488 e. The van der Waals surface area contributed by atoms with Crippen molar-refractivity contribution in [2.24, 2.45) is 0 Å². The van der Waals surface area contributed by atoms with Gasteiger partial charge < -0.3 is 15.4 Å². The Hall–Kier alpha value is -2.74. The normalized spacial score (nSPS) is 20.8. The summed E-state index contributed by atoms with van der Waals surface area (Å²) in [6, 6.07) is 2.42. The third kappa shape index (κ3) is 4.49. The summed E-state index contributed by atoms with van der Waals surface area (Å²) < 4.78 is 8.02. The predicted octanol–water partition coefficient (Wildman–Crippen LogP) is 3.80. The van der Waals surface area contributed by atoms with Gasteiger partial charge in [0, 0.05) is 24.6 Å². The summed E-state index contributed by atoms with van der Waals surface area (Å²) in [7, 11) is 0. The number of hydrogen-bond donors (Lipinski definition) is 2. The van der Waals surface area contributed by atoms with Gasteiger partial charge >= 0.3 is 0 Å². The van der Waals surface area contributed by atoms with Gasteiger partial charge in [0.15, 0.2) is 5.65 Å². The fraction of sp³-hybridized carbons (Fsp3) is 0.565. The van der Waals surface area contributed by atoms with E-state index in [2.05, 4.69) is 20.6 Å². The first-order valence-corrected chi connectivity index (χ1v) is 11.7. The molecule has 8 heteroatoms. The number of fused-ring (bicyclic) bond motifs is 1. The molecule has 0 radical (unpaired) electrons. The summed E-state index contributed by atoms with van der Waals surface area (Å²) in [6.45, 7) is 6.05. The molecule has 1 saturated heterocycles. The van der Waals surface area contributed by atoms with E-state index in [0.29, 0.717) is 18.1 Å². The first-order chi connectivity index (χ1) is 15.3. The van der Waals surface area contributed by atoms with Gasteiger partial charge in [0.1, 0.15) is 28.6 Å². The van der Waals surface area contributed by atoms with Crippen LogP contribution in [0.2, 0.25) is 0 Å². The third-order valence-electron chi connectivity index (χ3n) is 5.81. The first-order valence-electron chi connectivity index (χ1n) is 11.7. The Balaban J connectivity index is 0.000000994. The molecule has 0 amide bonds. The van der Waals surface area contributed by atoms with Gasteiger partial charge in [-0.3, -0.25) is 4.98 Å². The smallest absolute Gasteiger partial charge is 0.157 e. The number of aromatic nitrogens is 5. The Morgan fingerprint density at radius 3 is 2.71 bits per heavy atom. The van der Waals surface area contributed by atoms with Crippen molar-refractivity contribution in [3.05, 3.63) is 30.4 Å². The second-order valence-electron chi connectivity index (χ2n) is 8.38. The van der Waals surface area contributed by atoms with E-state index in [1.165, 1.54) is 19.3 Å². The van der Waals surface area contributed by atoms with Crippen LogP contribution in [-0.2, 0) is 0 Å². The SMILES string of the molecule is CC.c1ncc(-c2cnc3cc(OC4CC4)c(C4CC4)nn23)nc1NC1CCCNC1. The van der Waals surface area contributed by atoms with E-state index >= 15 is 0 Å². The predicted molar refractivity (Wildman–Crippen MR) is 121 cm³/mol. The summed E-state index contributed by atoms with van der Waals surface area (Å²) in [5, 5.41) is 11.9. The Morgan fingerprint density at radius 2 is 1.97 bits per heavy atom. The molecule has 2 N–H and O–H groups in total. The van der Waals surface area contributed by atoms with E-state index in [1.54, 1.807) is 12.4 Å². The Labute approximate surface area is 182 Å². The molecule has 0 aromatic carbocycles. The highest BCUT2D eigenvalue weighted by atomic mass is 16.5. The first kappa shape index (κ1) is 20.2. The van der Waals surface area contributed by atoms with E-state index in [9.17, 15) is 0 Å². The molecule has 1 aliphatic heterocycles. The molecular weight excluding hydrogens is 390 g/mol. The summed E-state index contributed by atoms with van der Waals surface area (Å²) in [5.41, 5.74) is 3.48. The zero-order valence-electron chi connectivity index (χ0n) is 18.3. The molecule has 1 atom stereocenters. The standard InChI is InChI=1S/C21H25N7O.C2H6/c1-2-14(9-22-7-1)25-19-12-23-10-16(26-19)17-11-24-20-8-18(29-15-5-6-15)21(13-3-4-13)27-28(17)20;1-2/h8,10-15,22H,1-7,9H2,(H,25,26);1-2H3. The molecule has 6 rings (SSSR count). The maximum Gasteiger partial charge on any atom is 0.157 e. The van der Waals surface area contributed by atoms with Gasteiger partial charge in [-0.15, -0.1) is 0 Å². The van der Waals surface area contributed by atoms with Crippen LogP contribution in [0.3, 0.4) is 0 Å². The third-order valence-corrected chi connectivity index (χ3v) is 5.81. The molecule has 2 saturated carbocycles. The molecule has 3 fully saturated rings. The molecular formula is C23H31N7O. The average Bonchev–Trinajstić information content (AvgIpc) is 3.75. The fourth-order valence-electron chi connectivity index (χ4n) is 3.93. The molecule has 3 aliphatic rings. The lowest BCUT2D eigenvalue weighted by atomic mass is 10.1. The van der Waals surface area contributed by atoms with Crippen molar-refractivity contribution in [1.29, 1.82) is 0 Å². The maximum atomic E-state index is 6.12. The summed E-state index contributed by atoms with van der Waals surface area (Å²) in [6.07, 6.45) is 12.7. The van der Waals surface area contributed by atoms with E-state index in [-0.39, 0.29) is 0 Å². The van der Waals surface area contributed by atoms with E-state index in [1.807, 2.05) is 30.6 Å². The number of anilines is 1. The summed E-state index contributed by atoms with van der Waals surface area (Å²) in [4.78, 5) is 13.8. The van der Waals surface area contributed by atoms with E-state index < -0.39 is 0 Å². The quantitative estimate of drug-likeness (QED) is 0.626. The van der Waals surface area contributed by atoms with E-state index in [0.717, 1.165) is 66.6 Å². The minimum atomic E-state index is 0.356.